The minimum absolute atomic E-state index is 0.0391. The molecule has 1 aliphatic rings. The fraction of sp³-hybridized carbons (Fsp3) is 0.300. The van der Waals surface area contributed by atoms with E-state index < -0.39 is 0 Å². The van der Waals surface area contributed by atoms with Crippen molar-refractivity contribution >= 4 is 0 Å². The van der Waals surface area contributed by atoms with Gasteiger partial charge in [-0.1, -0.05) is 0 Å². The van der Waals surface area contributed by atoms with E-state index in [1.165, 1.54) is 0 Å². The van der Waals surface area contributed by atoms with E-state index in [-0.39, 0.29) is 6.04 Å². The van der Waals surface area contributed by atoms with E-state index in [9.17, 15) is 0 Å². The topological polar surface area (TPSA) is 59.0 Å². The van der Waals surface area contributed by atoms with Crippen LogP contribution < -0.4 is 10.5 Å². The van der Waals surface area contributed by atoms with Gasteiger partial charge in [-0.05, 0) is 24.6 Å². The maximum atomic E-state index is 8.72. The minimum atomic E-state index is -0.0391. The van der Waals surface area contributed by atoms with Crippen LogP contribution in [0.15, 0.2) is 12.1 Å². The third-order valence-electron chi connectivity index (χ3n) is 2.27. The van der Waals surface area contributed by atoms with Gasteiger partial charge in [0.25, 0.3) is 0 Å². The van der Waals surface area contributed by atoms with Gasteiger partial charge in [-0.15, -0.1) is 0 Å². The van der Waals surface area contributed by atoms with Gasteiger partial charge in [0.2, 0.25) is 0 Å². The normalized spacial score (nSPS) is 19.0. The standard InChI is InChI=1S/C10H10N2O/c1-6-2-7(4-11)3-9-10(6)8(12)5-13-9/h2-3,8H,5,12H2,1H3/t8-/m0/s1. The molecule has 0 unspecified atom stereocenters. The summed E-state index contributed by atoms with van der Waals surface area (Å²) in [5, 5.41) is 8.72. The number of ether oxygens (including phenoxy) is 1. The summed E-state index contributed by atoms with van der Waals surface area (Å²) in [5.41, 5.74) is 8.54. The lowest BCUT2D eigenvalue weighted by molar-refractivity contribution is 0.333. The number of aryl methyl sites for hydroxylation is 1. The molecule has 0 saturated heterocycles. The molecule has 0 saturated carbocycles. The van der Waals surface area contributed by atoms with Crippen LogP contribution in [-0.2, 0) is 0 Å². The van der Waals surface area contributed by atoms with Crippen LogP contribution in [0.3, 0.4) is 0 Å². The first-order valence-corrected chi connectivity index (χ1v) is 4.15. The number of rotatable bonds is 0. The van der Waals surface area contributed by atoms with Crippen LogP contribution in [0.4, 0.5) is 0 Å². The SMILES string of the molecule is Cc1cc(C#N)cc2c1[C@@H](N)CO2. The average molecular weight is 174 g/mol. The Bertz CT molecular complexity index is 393. The fourth-order valence-corrected chi connectivity index (χ4v) is 1.69. The number of hydrogen-bond donors (Lipinski definition) is 1. The third kappa shape index (κ3) is 1.16. The predicted octanol–water partition coefficient (Wildman–Crippen LogP) is 1.26. The molecule has 0 amide bonds. The van der Waals surface area contributed by atoms with Crippen molar-refractivity contribution in [2.45, 2.75) is 13.0 Å². The number of nitrogens with zero attached hydrogens (tertiary/aromatic N) is 1. The van der Waals surface area contributed by atoms with E-state index in [1.54, 1.807) is 6.07 Å². The first-order valence-electron chi connectivity index (χ1n) is 4.15. The molecule has 1 aromatic carbocycles. The van der Waals surface area contributed by atoms with Gasteiger partial charge in [-0.2, -0.15) is 5.26 Å². The lowest BCUT2D eigenvalue weighted by Crippen LogP contribution is -2.11. The molecule has 0 aromatic heterocycles. The molecule has 3 heteroatoms. The maximum Gasteiger partial charge on any atom is 0.125 e. The van der Waals surface area contributed by atoms with Crippen molar-refractivity contribution in [1.29, 1.82) is 5.26 Å². The Morgan fingerprint density at radius 3 is 3.08 bits per heavy atom. The molecule has 2 N–H and O–H groups in total. The molecule has 0 aliphatic carbocycles. The van der Waals surface area contributed by atoms with Gasteiger partial charge in [0.15, 0.2) is 0 Å². The zero-order valence-corrected chi connectivity index (χ0v) is 7.37. The van der Waals surface area contributed by atoms with Crippen LogP contribution in [0, 0.1) is 18.3 Å². The summed E-state index contributed by atoms with van der Waals surface area (Å²) < 4.78 is 5.36. The van der Waals surface area contributed by atoms with Gasteiger partial charge in [0.05, 0.1) is 17.7 Å². The number of nitriles is 1. The van der Waals surface area contributed by atoms with Crippen LogP contribution in [0.5, 0.6) is 5.75 Å². The van der Waals surface area contributed by atoms with Crippen molar-refractivity contribution in [2.75, 3.05) is 6.61 Å². The summed E-state index contributed by atoms with van der Waals surface area (Å²) in [6.45, 7) is 2.47. The van der Waals surface area contributed by atoms with Crippen molar-refractivity contribution in [3.8, 4) is 11.8 Å². The summed E-state index contributed by atoms with van der Waals surface area (Å²) >= 11 is 0. The molecule has 1 heterocycles. The lowest BCUT2D eigenvalue weighted by Gasteiger charge is -2.05. The van der Waals surface area contributed by atoms with Gasteiger partial charge in [-0.3, -0.25) is 0 Å². The van der Waals surface area contributed by atoms with E-state index in [4.69, 9.17) is 15.7 Å². The smallest absolute Gasteiger partial charge is 0.125 e. The summed E-state index contributed by atoms with van der Waals surface area (Å²) in [5.74, 6) is 0.768. The lowest BCUT2D eigenvalue weighted by atomic mass is 10.0. The Morgan fingerprint density at radius 1 is 1.62 bits per heavy atom. The van der Waals surface area contributed by atoms with Gasteiger partial charge in [0, 0.05) is 5.56 Å². The first kappa shape index (κ1) is 8.09. The van der Waals surface area contributed by atoms with E-state index in [0.29, 0.717) is 12.2 Å². The third-order valence-corrected chi connectivity index (χ3v) is 2.27. The minimum Gasteiger partial charge on any atom is -0.491 e. The summed E-state index contributed by atoms with van der Waals surface area (Å²) in [6, 6.07) is 5.64. The molecular formula is C10H10N2O. The average Bonchev–Trinajstić information content (AvgIpc) is 2.48. The predicted molar refractivity (Wildman–Crippen MR) is 48.3 cm³/mol. The van der Waals surface area contributed by atoms with Crippen LogP contribution in [0.25, 0.3) is 0 Å². The van der Waals surface area contributed by atoms with E-state index in [1.807, 2.05) is 13.0 Å². The Labute approximate surface area is 76.7 Å². The van der Waals surface area contributed by atoms with Crippen molar-refractivity contribution in [3.05, 3.63) is 28.8 Å². The number of benzene rings is 1. The highest BCUT2D eigenvalue weighted by atomic mass is 16.5. The number of hydrogen-bond acceptors (Lipinski definition) is 3. The van der Waals surface area contributed by atoms with Crippen molar-refractivity contribution in [2.24, 2.45) is 5.73 Å². The Balaban J connectivity index is 2.61. The second-order valence-electron chi connectivity index (χ2n) is 3.23. The van der Waals surface area contributed by atoms with Crippen LogP contribution in [-0.4, -0.2) is 6.61 Å². The maximum absolute atomic E-state index is 8.72. The molecule has 0 spiro atoms. The molecule has 2 rings (SSSR count). The highest BCUT2D eigenvalue weighted by molar-refractivity contribution is 5.50. The summed E-state index contributed by atoms with van der Waals surface area (Å²) in [6.07, 6.45) is 0. The molecule has 0 fully saturated rings. The van der Waals surface area contributed by atoms with E-state index in [0.717, 1.165) is 16.9 Å². The van der Waals surface area contributed by atoms with Gasteiger partial charge >= 0.3 is 0 Å². The molecule has 0 radical (unpaired) electrons. The van der Waals surface area contributed by atoms with Crippen LogP contribution >= 0.6 is 0 Å². The molecule has 66 valence electrons. The highest BCUT2D eigenvalue weighted by Crippen LogP contribution is 2.34. The molecule has 3 nitrogen and oxygen atoms in total. The summed E-state index contributed by atoms with van der Waals surface area (Å²) in [7, 11) is 0. The number of fused-ring (bicyclic) bond motifs is 1. The molecular weight excluding hydrogens is 164 g/mol. The molecule has 0 bridgehead atoms. The van der Waals surface area contributed by atoms with Gasteiger partial charge in [-0.25, -0.2) is 0 Å². The Morgan fingerprint density at radius 2 is 2.38 bits per heavy atom. The first-order chi connectivity index (χ1) is 6.22. The van der Waals surface area contributed by atoms with Crippen LogP contribution in [0.2, 0.25) is 0 Å². The van der Waals surface area contributed by atoms with Gasteiger partial charge < -0.3 is 10.5 Å². The molecule has 1 aromatic rings. The van der Waals surface area contributed by atoms with E-state index >= 15 is 0 Å². The van der Waals surface area contributed by atoms with Gasteiger partial charge in [0.1, 0.15) is 12.4 Å². The zero-order valence-electron chi connectivity index (χ0n) is 7.37. The van der Waals surface area contributed by atoms with Crippen LogP contribution in [0.1, 0.15) is 22.7 Å². The number of nitrogens with two attached hydrogens (primary N) is 1. The monoisotopic (exact) mass is 174 g/mol. The molecule has 13 heavy (non-hydrogen) atoms. The molecule has 1 aliphatic heterocycles. The largest absolute Gasteiger partial charge is 0.491 e. The van der Waals surface area contributed by atoms with Crippen molar-refractivity contribution < 1.29 is 4.74 Å². The summed E-state index contributed by atoms with van der Waals surface area (Å²) in [4.78, 5) is 0. The Kier molecular flexibility index (Phi) is 1.71. The van der Waals surface area contributed by atoms with Crippen molar-refractivity contribution in [1.82, 2.24) is 0 Å². The molecule has 1 atom stereocenters. The fourth-order valence-electron chi connectivity index (χ4n) is 1.69. The zero-order chi connectivity index (χ0) is 9.42. The van der Waals surface area contributed by atoms with Crippen molar-refractivity contribution in [3.63, 3.8) is 0 Å². The second kappa shape index (κ2) is 2.75. The second-order valence-corrected chi connectivity index (χ2v) is 3.23. The quantitative estimate of drug-likeness (QED) is 0.644. The van der Waals surface area contributed by atoms with E-state index in [2.05, 4.69) is 6.07 Å². The highest BCUT2D eigenvalue weighted by Gasteiger charge is 2.23. The Hall–Kier alpha value is -1.53.